The molecule has 2 rings (SSSR count). The number of alkyl halides is 1. The molecule has 4 nitrogen and oxygen atoms in total. The van der Waals surface area contributed by atoms with Crippen LogP contribution in [0.3, 0.4) is 0 Å². The first-order chi connectivity index (χ1) is 10.0. The molecule has 0 saturated carbocycles. The largest absolute Gasteiger partial charge is 0.477 e. The number of hydrogen-bond donors (Lipinski definition) is 1. The molecule has 1 aromatic rings. The third kappa shape index (κ3) is 4.92. The Morgan fingerprint density at radius 3 is 2.43 bits per heavy atom. The van der Waals surface area contributed by atoms with Crippen LogP contribution < -0.4 is 10.1 Å². The molecule has 0 amide bonds. The molecule has 2 heterocycles. The number of fused-ring (bicyclic) bond motifs is 1. The van der Waals surface area contributed by atoms with E-state index in [0.717, 1.165) is 56.4 Å². The summed E-state index contributed by atoms with van der Waals surface area (Å²) in [6.45, 7) is 11.2. The van der Waals surface area contributed by atoms with Crippen molar-refractivity contribution >= 4 is 0 Å². The van der Waals surface area contributed by atoms with Gasteiger partial charge in [0.15, 0.2) is 0 Å². The lowest BCUT2D eigenvalue weighted by Crippen LogP contribution is -2.19. The van der Waals surface area contributed by atoms with Crippen molar-refractivity contribution in [1.29, 1.82) is 0 Å². The molecule has 0 saturated heterocycles. The average molecular weight is 297 g/mol. The highest BCUT2D eigenvalue weighted by Crippen LogP contribution is 2.27. The summed E-state index contributed by atoms with van der Waals surface area (Å²) in [5.41, 5.74) is 2.32. The third-order valence-corrected chi connectivity index (χ3v) is 3.26. The van der Waals surface area contributed by atoms with Crippen molar-refractivity contribution in [3.8, 4) is 5.88 Å². The summed E-state index contributed by atoms with van der Waals surface area (Å²) in [4.78, 5) is 9.46. The summed E-state index contributed by atoms with van der Waals surface area (Å²) in [6.07, 6.45) is 2.92. The molecule has 1 aliphatic rings. The van der Waals surface area contributed by atoms with Gasteiger partial charge in [0.2, 0.25) is 5.88 Å². The first kappa shape index (κ1) is 17.8. The fraction of sp³-hybridized carbons (Fsp3) is 0.750. The van der Waals surface area contributed by atoms with Crippen LogP contribution in [0.4, 0.5) is 4.39 Å². The number of nitrogens with one attached hydrogen (secondary N) is 1. The van der Waals surface area contributed by atoms with E-state index in [4.69, 9.17) is 9.72 Å². The minimum atomic E-state index is -0.0426. The van der Waals surface area contributed by atoms with E-state index in [-0.39, 0.29) is 5.41 Å². The van der Waals surface area contributed by atoms with Crippen molar-refractivity contribution in [1.82, 2.24) is 15.3 Å². The molecule has 0 radical (unpaired) electrons. The second kappa shape index (κ2) is 8.27. The van der Waals surface area contributed by atoms with Crippen LogP contribution in [-0.2, 0) is 18.3 Å². The smallest absolute Gasteiger partial charge is 0.220 e. The van der Waals surface area contributed by atoms with Crippen molar-refractivity contribution in [2.45, 2.75) is 52.4 Å². The predicted octanol–water partition coefficient (Wildman–Crippen LogP) is 2.84. The Morgan fingerprint density at radius 1 is 1.14 bits per heavy atom. The molecule has 120 valence electrons. The van der Waals surface area contributed by atoms with Crippen LogP contribution in [0, 0.1) is 0 Å². The van der Waals surface area contributed by atoms with Crippen LogP contribution in [0.1, 0.15) is 51.2 Å². The molecule has 21 heavy (non-hydrogen) atoms. The van der Waals surface area contributed by atoms with Crippen molar-refractivity contribution < 1.29 is 9.13 Å². The van der Waals surface area contributed by atoms with Gasteiger partial charge in [0, 0.05) is 23.9 Å². The minimum absolute atomic E-state index is 0.0426. The van der Waals surface area contributed by atoms with Crippen LogP contribution in [0.15, 0.2) is 0 Å². The standard InChI is InChI=1S/C15H25N3O.CH3F/c1-5-10-19-13-11-6-8-16-9-7-12(11)17-14(18-13)15(2,3)4;1-2/h16H,5-10H2,1-4H3;1H3. The van der Waals surface area contributed by atoms with E-state index < -0.39 is 0 Å². The topological polar surface area (TPSA) is 47.0 Å². The maximum atomic E-state index is 9.50. The van der Waals surface area contributed by atoms with Gasteiger partial charge in [-0.1, -0.05) is 27.7 Å². The van der Waals surface area contributed by atoms with E-state index in [1.165, 1.54) is 5.56 Å². The Hall–Kier alpha value is -1.23. The van der Waals surface area contributed by atoms with Gasteiger partial charge >= 0.3 is 0 Å². The number of aromatic nitrogens is 2. The van der Waals surface area contributed by atoms with Crippen LogP contribution in [0.25, 0.3) is 0 Å². The zero-order valence-corrected chi connectivity index (χ0v) is 13.9. The van der Waals surface area contributed by atoms with Gasteiger partial charge in [-0.25, -0.2) is 4.98 Å². The first-order valence-corrected chi connectivity index (χ1v) is 7.64. The molecule has 0 unspecified atom stereocenters. The van der Waals surface area contributed by atoms with Gasteiger partial charge in [-0.2, -0.15) is 4.98 Å². The number of halogens is 1. The molecule has 1 aliphatic heterocycles. The third-order valence-electron chi connectivity index (χ3n) is 3.26. The lowest BCUT2D eigenvalue weighted by atomic mass is 9.95. The van der Waals surface area contributed by atoms with Crippen molar-refractivity contribution in [3.05, 3.63) is 17.1 Å². The molecule has 0 aliphatic carbocycles. The molecule has 0 bridgehead atoms. The summed E-state index contributed by atoms with van der Waals surface area (Å²) >= 11 is 0. The minimum Gasteiger partial charge on any atom is -0.477 e. The Kier molecular flexibility index (Phi) is 7.02. The summed E-state index contributed by atoms with van der Waals surface area (Å²) in [7, 11) is 0.500. The van der Waals surface area contributed by atoms with Crippen LogP contribution in [0.2, 0.25) is 0 Å². The Labute approximate surface area is 127 Å². The molecule has 0 spiro atoms. The van der Waals surface area contributed by atoms with Gasteiger partial charge < -0.3 is 10.1 Å². The Balaban J connectivity index is 0.00000106. The van der Waals surface area contributed by atoms with Crippen LogP contribution in [-0.4, -0.2) is 36.8 Å². The van der Waals surface area contributed by atoms with Gasteiger partial charge in [-0.3, -0.25) is 4.39 Å². The predicted molar refractivity (Wildman–Crippen MR) is 83.8 cm³/mol. The summed E-state index contributed by atoms with van der Waals surface area (Å²) < 4.78 is 15.4. The molecule has 1 aromatic heterocycles. The molecule has 0 fully saturated rings. The lowest BCUT2D eigenvalue weighted by molar-refractivity contribution is 0.297. The fourth-order valence-corrected chi connectivity index (χ4v) is 2.16. The Morgan fingerprint density at radius 2 is 1.81 bits per heavy atom. The quantitative estimate of drug-likeness (QED) is 0.932. The molecular formula is C16H28FN3O. The average Bonchev–Trinajstić information content (AvgIpc) is 2.71. The second-order valence-electron chi connectivity index (χ2n) is 6.13. The van der Waals surface area contributed by atoms with E-state index in [9.17, 15) is 4.39 Å². The second-order valence-corrected chi connectivity index (χ2v) is 6.13. The van der Waals surface area contributed by atoms with E-state index >= 15 is 0 Å². The number of hydrogen-bond acceptors (Lipinski definition) is 4. The summed E-state index contributed by atoms with van der Waals surface area (Å²) in [6, 6.07) is 0. The van der Waals surface area contributed by atoms with E-state index in [0.29, 0.717) is 7.18 Å². The van der Waals surface area contributed by atoms with E-state index in [1.807, 2.05) is 0 Å². The fourth-order valence-electron chi connectivity index (χ4n) is 2.16. The van der Waals surface area contributed by atoms with E-state index in [1.54, 1.807) is 0 Å². The normalized spacial score (nSPS) is 14.6. The maximum Gasteiger partial charge on any atom is 0.220 e. The van der Waals surface area contributed by atoms with Crippen LogP contribution in [0.5, 0.6) is 5.88 Å². The zero-order valence-electron chi connectivity index (χ0n) is 13.9. The van der Waals surface area contributed by atoms with E-state index in [2.05, 4.69) is 38.0 Å². The molecule has 0 aromatic carbocycles. The number of rotatable bonds is 3. The molecular weight excluding hydrogens is 269 g/mol. The van der Waals surface area contributed by atoms with Gasteiger partial charge in [0.25, 0.3) is 0 Å². The first-order valence-electron chi connectivity index (χ1n) is 7.64. The van der Waals surface area contributed by atoms with Crippen LogP contribution >= 0.6 is 0 Å². The van der Waals surface area contributed by atoms with Gasteiger partial charge in [0.1, 0.15) is 5.82 Å². The van der Waals surface area contributed by atoms with Crippen molar-refractivity contribution in [2.24, 2.45) is 0 Å². The van der Waals surface area contributed by atoms with Gasteiger partial charge in [-0.15, -0.1) is 0 Å². The van der Waals surface area contributed by atoms with Crippen molar-refractivity contribution in [3.63, 3.8) is 0 Å². The monoisotopic (exact) mass is 297 g/mol. The SMILES string of the molecule is CCCOc1nc(C(C)(C)C)nc2c1CCNCC2.CF. The summed E-state index contributed by atoms with van der Waals surface area (Å²) in [5.74, 6) is 1.69. The van der Waals surface area contributed by atoms with Gasteiger partial charge in [-0.05, 0) is 19.4 Å². The van der Waals surface area contributed by atoms with Crippen molar-refractivity contribution in [2.75, 3.05) is 26.9 Å². The summed E-state index contributed by atoms with van der Waals surface area (Å²) in [5, 5.41) is 3.41. The number of nitrogens with zero attached hydrogens (tertiary/aromatic N) is 2. The highest BCUT2D eigenvalue weighted by Gasteiger charge is 2.23. The molecule has 0 atom stereocenters. The molecule has 5 heteroatoms. The number of ether oxygens (including phenoxy) is 1. The maximum absolute atomic E-state index is 9.50. The Bertz CT molecular complexity index is 444. The highest BCUT2D eigenvalue weighted by atomic mass is 19.1. The zero-order chi connectivity index (χ0) is 15.9. The van der Waals surface area contributed by atoms with Gasteiger partial charge in [0.05, 0.1) is 19.5 Å². The highest BCUT2D eigenvalue weighted by molar-refractivity contribution is 5.33. The molecule has 1 N–H and O–H groups in total. The lowest BCUT2D eigenvalue weighted by Gasteiger charge is -2.20.